The van der Waals surface area contributed by atoms with E-state index in [0.717, 1.165) is 22.4 Å². The molecule has 1 aromatic carbocycles. The molecule has 110 valence electrons. The summed E-state index contributed by atoms with van der Waals surface area (Å²) in [6.07, 6.45) is 0. The lowest BCUT2D eigenvalue weighted by Crippen LogP contribution is -2.12. The zero-order valence-corrected chi connectivity index (χ0v) is 18.2. The molecule has 0 fully saturated rings. The number of benzene rings is 1. The number of halogens is 5. The van der Waals surface area contributed by atoms with Gasteiger partial charge in [-0.25, -0.2) is 4.79 Å². The number of carbonyl (C=O) groups excluding carboxylic acids is 1. The highest BCUT2D eigenvalue weighted by atomic mass is 79.9. The molecular formula is C12H9Br5O3. The van der Waals surface area contributed by atoms with Crippen LogP contribution >= 0.6 is 79.6 Å². The van der Waals surface area contributed by atoms with Crippen molar-refractivity contribution in [1.82, 2.24) is 0 Å². The van der Waals surface area contributed by atoms with Gasteiger partial charge >= 0.3 is 5.97 Å². The highest BCUT2D eigenvalue weighted by Crippen LogP contribution is 2.48. The summed E-state index contributed by atoms with van der Waals surface area (Å²) < 4.78 is 14.6. The van der Waals surface area contributed by atoms with E-state index in [9.17, 15) is 4.79 Å². The molecule has 0 spiro atoms. The third kappa shape index (κ3) is 4.56. The Hall–Kier alpha value is 0.630. The molecule has 0 N–H and O–H groups in total. The Balaban J connectivity index is 2.75. The molecule has 3 nitrogen and oxygen atoms in total. The van der Waals surface area contributed by atoms with Crippen molar-refractivity contribution >= 4 is 85.6 Å². The maximum atomic E-state index is 11.2. The number of carbonyl (C=O) groups is 1. The van der Waals surface area contributed by atoms with Gasteiger partial charge in [-0.2, -0.15) is 0 Å². The molecule has 0 atom stereocenters. The monoisotopic (exact) mass is 596 g/mol. The van der Waals surface area contributed by atoms with Crippen molar-refractivity contribution in [1.29, 1.82) is 0 Å². The van der Waals surface area contributed by atoms with E-state index in [2.05, 4.69) is 86.2 Å². The molecule has 0 bridgehead atoms. The second-order valence-corrected chi connectivity index (χ2v) is 7.63. The standard InChI is InChI=1S/C12H9Br5O3/c1-5(2)12(18)20-4-3-19-11-9(16)7(14)6(13)8(15)10(11)17/h1,3-4H2,2H3. The zero-order valence-electron chi connectivity index (χ0n) is 10.2. The van der Waals surface area contributed by atoms with Gasteiger partial charge in [0.1, 0.15) is 19.0 Å². The van der Waals surface area contributed by atoms with Crippen molar-refractivity contribution in [2.45, 2.75) is 6.92 Å². The molecule has 0 aromatic heterocycles. The van der Waals surface area contributed by atoms with Crippen molar-refractivity contribution in [3.05, 3.63) is 34.5 Å². The van der Waals surface area contributed by atoms with Gasteiger partial charge < -0.3 is 9.47 Å². The summed E-state index contributed by atoms with van der Waals surface area (Å²) in [6.45, 7) is 5.48. The quantitative estimate of drug-likeness (QED) is 0.137. The van der Waals surface area contributed by atoms with Crippen LogP contribution in [0.15, 0.2) is 34.5 Å². The topological polar surface area (TPSA) is 35.5 Å². The normalized spacial score (nSPS) is 10.3. The molecule has 0 aliphatic rings. The molecule has 0 saturated heterocycles. The van der Waals surface area contributed by atoms with Crippen LogP contribution in [-0.4, -0.2) is 19.2 Å². The summed E-state index contributed by atoms with van der Waals surface area (Å²) in [5.41, 5.74) is 0.362. The van der Waals surface area contributed by atoms with Gasteiger partial charge in [-0.15, -0.1) is 0 Å². The van der Waals surface area contributed by atoms with Gasteiger partial charge in [0.2, 0.25) is 0 Å². The third-order valence-electron chi connectivity index (χ3n) is 2.08. The Morgan fingerprint density at radius 2 is 1.40 bits per heavy atom. The molecular weight excluding hydrogens is 592 g/mol. The predicted octanol–water partition coefficient (Wildman–Crippen LogP) is 6.00. The van der Waals surface area contributed by atoms with E-state index in [0.29, 0.717) is 11.3 Å². The van der Waals surface area contributed by atoms with E-state index in [1.807, 2.05) is 0 Å². The van der Waals surface area contributed by atoms with Crippen LogP contribution in [0.1, 0.15) is 6.92 Å². The average molecular weight is 601 g/mol. The van der Waals surface area contributed by atoms with Crippen molar-refractivity contribution in [3.8, 4) is 5.75 Å². The Morgan fingerprint density at radius 1 is 0.950 bits per heavy atom. The number of hydrogen-bond donors (Lipinski definition) is 0. The van der Waals surface area contributed by atoms with Crippen LogP contribution in [0.5, 0.6) is 5.75 Å². The smallest absolute Gasteiger partial charge is 0.333 e. The number of hydrogen-bond acceptors (Lipinski definition) is 3. The lowest BCUT2D eigenvalue weighted by Gasteiger charge is -2.14. The minimum Gasteiger partial charge on any atom is -0.488 e. The Morgan fingerprint density at radius 3 is 1.85 bits per heavy atom. The summed E-state index contributed by atoms with van der Waals surface area (Å²) >= 11 is 17.2. The van der Waals surface area contributed by atoms with Crippen LogP contribution in [0.3, 0.4) is 0 Å². The van der Waals surface area contributed by atoms with E-state index in [4.69, 9.17) is 9.47 Å². The highest BCUT2D eigenvalue weighted by molar-refractivity contribution is 9.15. The van der Waals surface area contributed by atoms with Crippen LogP contribution in [-0.2, 0) is 9.53 Å². The molecule has 8 heteroatoms. The van der Waals surface area contributed by atoms with Crippen LogP contribution in [0.4, 0.5) is 0 Å². The fraction of sp³-hybridized carbons (Fsp3) is 0.250. The molecule has 0 unspecified atom stereocenters. The van der Waals surface area contributed by atoms with Gasteiger partial charge in [-0.1, -0.05) is 6.58 Å². The molecule has 1 rings (SSSR count). The number of rotatable bonds is 5. The average Bonchev–Trinajstić information content (AvgIpc) is 2.41. The fourth-order valence-electron chi connectivity index (χ4n) is 1.11. The van der Waals surface area contributed by atoms with Crippen LogP contribution in [0.2, 0.25) is 0 Å². The van der Waals surface area contributed by atoms with Crippen molar-refractivity contribution in [2.24, 2.45) is 0 Å². The minimum absolute atomic E-state index is 0.149. The van der Waals surface area contributed by atoms with Crippen LogP contribution in [0, 0.1) is 0 Å². The van der Waals surface area contributed by atoms with Gasteiger partial charge in [0.05, 0.1) is 17.9 Å². The summed E-state index contributed by atoms with van der Waals surface area (Å²) in [6, 6.07) is 0. The number of esters is 1. The van der Waals surface area contributed by atoms with E-state index < -0.39 is 5.97 Å². The second kappa shape index (κ2) is 8.31. The third-order valence-corrected chi connectivity index (χ3v) is 8.10. The molecule has 0 aliphatic heterocycles. The first kappa shape index (κ1) is 18.7. The largest absolute Gasteiger partial charge is 0.488 e. The lowest BCUT2D eigenvalue weighted by molar-refractivity contribution is -0.139. The maximum Gasteiger partial charge on any atom is 0.333 e. The van der Waals surface area contributed by atoms with E-state index in [-0.39, 0.29) is 13.2 Å². The van der Waals surface area contributed by atoms with E-state index in [1.165, 1.54) is 0 Å². The highest BCUT2D eigenvalue weighted by Gasteiger charge is 2.18. The van der Waals surface area contributed by atoms with E-state index in [1.54, 1.807) is 6.92 Å². The minimum atomic E-state index is -0.426. The SMILES string of the molecule is C=C(C)C(=O)OCCOc1c(Br)c(Br)c(Br)c(Br)c1Br. The second-order valence-electron chi connectivity index (χ2n) is 3.66. The van der Waals surface area contributed by atoms with Gasteiger partial charge in [0.25, 0.3) is 0 Å². The lowest BCUT2D eigenvalue weighted by atomic mass is 10.3. The Kier molecular flexibility index (Phi) is 7.76. The summed E-state index contributed by atoms with van der Waals surface area (Å²) in [5, 5.41) is 0. The summed E-state index contributed by atoms with van der Waals surface area (Å²) in [4.78, 5) is 11.2. The molecule has 20 heavy (non-hydrogen) atoms. The molecule has 0 saturated carbocycles. The molecule has 0 aliphatic carbocycles. The molecule has 1 aromatic rings. The molecule has 0 amide bonds. The summed E-state index contributed by atoms with van der Waals surface area (Å²) in [5.74, 6) is 0.184. The van der Waals surface area contributed by atoms with Gasteiger partial charge in [0, 0.05) is 10.0 Å². The fourth-order valence-corrected chi connectivity index (χ4v) is 4.35. The first-order valence-electron chi connectivity index (χ1n) is 5.24. The number of ether oxygens (including phenoxy) is 2. The first-order valence-corrected chi connectivity index (χ1v) is 9.20. The van der Waals surface area contributed by atoms with E-state index >= 15 is 0 Å². The summed E-state index contributed by atoms with van der Waals surface area (Å²) in [7, 11) is 0. The molecule has 0 radical (unpaired) electrons. The van der Waals surface area contributed by atoms with Gasteiger partial charge in [0.15, 0.2) is 0 Å². The van der Waals surface area contributed by atoms with Crippen LogP contribution < -0.4 is 4.74 Å². The van der Waals surface area contributed by atoms with Gasteiger partial charge in [-0.05, 0) is 86.6 Å². The van der Waals surface area contributed by atoms with Crippen molar-refractivity contribution in [2.75, 3.05) is 13.2 Å². The Labute approximate surface area is 159 Å². The zero-order chi connectivity index (χ0) is 15.4. The first-order chi connectivity index (χ1) is 9.27. The van der Waals surface area contributed by atoms with Crippen LogP contribution in [0.25, 0.3) is 0 Å². The van der Waals surface area contributed by atoms with Crippen molar-refractivity contribution < 1.29 is 14.3 Å². The maximum absolute atomic E-state index is 11.2. The van der Waals surface area contributed by atoms with Gasteiger partial charge in [-0.3, -0.25) is 0 Å². The predicted molar refractivity (Wildman–Crippen MR) is 96.2 cm³/mol. The molecule has 0 heterocycles. The van der Waals surface area contributed by atoms with Crippen molar-refractivity contribution in [3.63, 3.8) is 0 Å². The Bertz CT molecular complexity index is 528.